The lowest BCUT2D eigenvalue weighted by molar-refractivity contribution is -0.596. The van der Waals surface area contributed by atoms with E-state index < -0.39 is 12.1 Å². The van der Waals surface area contributed by atoms with Crippen LogP contribution in [-0.4, -0.2) is 28.8 Å². The molecule has 0 bridgehead atoms. The van der Waals surface area contributed by atoms with E-state index in [0.717, 1.165) is 11.1 Å². The lowest BCUT2D eigenvalue weighted by atomic mass is 9.98. The second-order valence-electron chi connectivity index (χ2n) is 7.35. The second kappa shape index (κ2) is 8.92. The van der Waals surface area contributed by atoms with E-state index in [0.29, 0.717) is 21.2 Å². The van der Waals surface area contributed by atoms with Crippen LogP contribution in [0.5, 0.6) is 0 Å². The van der Waals surface area contributed by atoms with Gasteiger partial charge in [0.15, 0.2) is 6.04 Å². The first-order valence-electron chi connectivity index (χ1n) is 9.73. The van der Waals surface area contributed by atoms with E-state index in [1.807, 2.05) is 37.3 Å². The number of hydrazone groups is 1. The molecule has 2 atom stereocenters. The highest BCUT2D eigenvalue weighted by Crippen LogP contribution is 2.27. The lowest BCUT2D eigenvalue weighted by Crippen LogP contribution is -2.42. The summed E-state index contributed by atoms with van der Waals surface area (Å²) in [6.45, 7) is 1.99. The number of benzene rings is 3. The number of carbonyl (C=O) groups is 2. The molecule has 1 heterocycles. The first kappa shape index (κ1) is 21.1. The zero-order valence-corrected chi connectivity index (χ0v) is 18.2. The van der Waals surface area contributed by atoms with Crippen LogP contribution in [0.15, 0.2) is 72.8 Å². The SMILES string of the molecule is Cc1ccc([C@H]2[C@@H](NC(=O)c3ccccc3)C(=O)N/[N+]2=C\c2ccc(Cl)cc2Cl)cc1. The van der Waals surface area contributed by atoms with E-state index in [2.05, 4.69) is 10.7 Å². The first-order chi connectivity index (χ1) is 14.9. The molecule has 4 rings (SSSR count). The third-order valence-electron chi connectivity index (χ3n) is 5.12. The molecule has 0 saturated carbocycles. The van der Waals surface area contributed by atoms with Gasteiger partial charge in [0.25, 0.3) is 5.91 Å². The van der Waals surface area contributed by atoms with Gasteiger partial charge in [0.05, 0.1) is 10.6 Å². The molecule has 0 aliphatic carbocycles. The molecule has 1 aliphatic rings. The highest BCUT2D eigenvalue weighted by atomic mass is 35.5. The standard InChI is InChI=1S/C24H19Cl2N3O2/c1-15-7-9-16(10-8-15)22-21(27-23(30)17-5-3-2-4-6-17)24(31)28-29(22)14-18-11-12-19(25)13-20(18)26/h2-14,21-22H,1H3,(H-,27,28,30,31)/p+1/b29-14-/t21-,22+/m1/s1. The van der Waals surface area contributed by atoms with Gasteiger partial charge in [-0.3, -0.25) is 9.59 Å². The first-order valence-corrected chi connectivity index (χ1v) is 10.5. The van der Waals surface area contributed by atoms with E-state index in [1.54, 1.807) is 53.4 Å². The number of nitrogens with zero attached hydrogens (tertiary/aromatic N) is 1. The van der Waals surface area contributed by atoms with Crippen LogP contribution >= 0.6 is 23.2 Å². The second-order valence-corrected chi connectivity index (χ2v) is 8.19. The number of halogens is 2. The predicted molar refractivity (Wildman–Crippen MR) is 122 cm³/mol. The third kappa shape index (κ3) is 4.63. The molecule has 1 fully saturated rings. The van der Waals surface area contributed by atoms with Crippen LogP contribution in [0, 0.1) is 6.92 Å². The Balaban J connectivity index is 1.73. The molecule has 1 aliphatic heterocycles. The van der Waals surface area contributed by atoms with Gasteiger partial charge in [0.2, 0.25) is 12.3 Å². The number of hydrazine groups is 1. The van der Waals surface area contributed by atoms with Gasteiger partial charge in [-0.25, -0.2) is 0 Å². The summed E-state index contributed by atoms with van der Waals surface area (Å²) in [4.78, 5) is 25.7. The Morgan fingerprint density at radius 1 is 1.03 bits per heavy atom. The van der Waals surface area contributed by atoms with Crippen LogP contribution in [0.1, 0.15) is 33.1 Å². The van der Waals surface area contributed by atoms with Crippen LogP contribution in [0.3, 0.4) is 0 Å². The fourth-order valence-corrected chi connectivity index (χ4v) is 3.97. The quantitative estimate of drug-likeness (QED) is 0.579. The number of carbonyl (C=O) groups excluding carboxylic acids is 2. The zero-order valence-electron chi connectivity index (χ0n) is 16.7. The molecule has 0 unspecified atom stereocenters. The Hall–Kier alpha value is -3.15. The fourth-order valence-electron chi connectivity index (χ4n) is 3.51. The minimum absolute atomic E-state index is 0.309. The maximum absolute atomic E-state index is 12.9. The maximum Gasteiger partial charge on any atom is 0.304 e. The van der Waals surface area contributed by atoms with E-state index in [4.69, 9.17) is 23.2 Å². The Labute approximate surface area is 190 Å². The average Bonchev–Trinajstić information content (AvgIpc) is 3.06. The molecule has 7 heteroatoms. The minimum Gasteiger partial charge on any atom is -0.334 e. The van der Waals surface area contributed by atoms with Crippen molar-refractivity contribution in [3.05, 3.63) is 105 Å². The molecule has 0 spiro atoms. The number of hydrogen-bond acceptors (Lipinski definition) is 2. The van der Waals surface area contributed by atoms with Gasteiger partial charge in [-0.2, -0.15) is 0 Å². The van der Waals surface area contributed by atoms with Crippen molar-refractivity contribution in [1.29, 1.82) is 0 Å². The van der Waals surface area contributed by atoms with Crippen molar-refractivity contribution in [2.45, 2.75) is 19.0 Å². The van der Waals surface area contributed by atoms with Crippen molar-refractivity contribution in [1.82, 2.24) is 10.7 Å². The summed E-state index contributed by atoms with van der Waals surface area (Å²) in [6.07, 6.45) is 1.75. The summed E-state index contributed by atoms with van der Waals surface area (Å²) in [5, 5.41) is 3.86. The molecule has 3 aromatic carbocycles. The Kier molecular flexibility index (Phi) is 6.07. The number of amides is 2. The van der Waals surface area contributed by atoms with Crippen molar-refractivity contribution < 1.29 is 14.3 Å². The summed E-state index contributed by atoms with van der Waals surface area (Å²) in [5.74, 6) is -0.625. The Morgan fingerprint density at radius 2 is 1.74 bits per heavy atom. The van der Waals surface area contributed by atoms with Crippen molar-refractivity contribution in [3.8, 4) is 0 Å². The van der Waals surface area contributed by atoms with E-state index in [-0.39, 0.29) is 11.8 Å². The minimum atomic E-state index is -0.794. The normalized spacial score (nSPS) is 19.3. The van der Waals surface area contributed by atoms with Gasteiger partial charge in [-0.05, 0) is 37.3 Å². The van der Waals surface area contributed by atoms with Crippen molar-refractivity contribution >= 4 is 41.2 Å². The molecular formula is C24H20Cl2N3O2+. The lowest BCUT2D eigenvalue weighted by Gasteiger charge is -2.15. The summed E-state index contributed by atoms with van der Waals surface area (Å²) >= 11 is 12.3. The van der Waals surface area contributed by atoms with Gasteiger partial charge in [0, 0.05) is 16.1 Å². The van der Waals surface area contributed by atoms with Gasteiger partial charge >= 0.3 is 5.91 Å². The van der Waals surface area contributed by atoms with Crippen LogP contribution in [0.4, 0.5) is 0 Å². The molecule has 0 aromatic heterocycles. The Bertz CT molecular complexity index is 1160. The summed E-state index contributed by atoms with van der Waals surface area (Å²) in [6, 6.07) is 20.6. The molecule has 1 saturated heterocycles. The molecule has 2 N–H and O–H groups in total. The summed E-state index contributed by atoms with van der Waals surface area (Å²) in [5.41, 5.74) is 6.00. The van der Waals surface area contributed by atoms with Crippen LogP contribution in [0.25, 0.3) is 0 Å². The molecule has 156 valence electrons. The molecule has 31 heavy (non-hydrogen) atoms. The third-order valence-corrected chi connectivity index (χ3v) is 5.68. The smallest absolute Gasteiger partial charge is 0.304 e. The van der Waals surface area contributed by atoms with E-state index in [1.165, 1.54) is 0 Å². The predicted octanol–water partition coefficient (Wildman–Crippen LogP) is 4.32. The van der Waals surface area contributed by atoms with Gasteiger partial charge in [0.1, 0.15) is 0 Å². The van der Waals surface area contributed by atoms with Crippen molar-refractivity contribution in [2.75, 3.05) is 0 Å². The van der Waals surface area contributed by atoms with Gasteiger partial charge in [-0.1, -0.05) is 71.2 Å². The highest BCUT2D eigenvalue weighted by molar-refractivity contribution is 6.36. The molecule has 3 aromatic rings. The highest BCUT2D eigenvalue weighted by Gasteiger charge is 2.47. The van der Waals surface area contributed by atoms with E-state index in [9.17, 15) is 9.59 Å². The van der Waals surface area contributed by atoms with Crippen molar-refractivity contribution in [3.63, 3.8) is 0 Å². The molecule has 0 radical (unpaired) electrons. The van der Waals surface area contributed by atoms with Crippen LogP contribution in [-0.2, 0) is 4.79 Å². The molecule has 5 nitrogen and oxygen atoms in total. The average molecular weight is 453 g/mol. The van der Waals surface area contributed by atoms with Gasteiger partial charge in [-0.15, -0.1) is 10.1 Å². The molecular weight excluding hydrogens is 433 g/mol. The van der Waals surface area contributed by atoms with Crippen LogP contribution < -0.4 is 10.7 Å². The summed E-state index contributed by atoms with van der Waals surface area (Å²) in [7, 11) is 0. The maximum atomic E-state index is 12.9. The fraction of sp³-hybridized carbons (Fsp3) is 0.125. The van der Waals surface area contributed by atoms with E-state index >= 15 is 0 Å². The number of nitrogens with one attached hydrogen (secondary N) is 2. The number of aryl methyl sites for hydroxylation is 1. The monoisotopic (exact) mass is 452 g/mol. The summed E-state index contributed by atoms with van der Waals surface area (Å²) < 4.78 is 1.68. The zero-order chi connectivity index (χ0) is 22.0. The largest absolute Gasteiger partial charge is 0.334 e. The Morgan fingerprint density at radius 3 is 2.42 bits per heavy atom. The number of hydrogen-bond donors (Lipinski definition) is 2. The van der Waals surface area contributed by atoms with Gasteiger partial charge < -0.3 is 5.32 Å². The van der Waals surface area contributed by atoms with Crippen molar-refractivity contribution in [2.24, 2.45) is 0 Å². The molecule has 2 amide bonds. The number of rotatable bonds is 4. The van der Waals surface area contributed by atoms with Crippen LogP contribution in [0.2, 0.25) is 10.0 Å². The topological polar surface area (TPSA) is 61.2 Å².